The van der Waals surface area contributed by atoms with Crippen molar-refractivity contribution in [3.63, 3.8) is 0 Å². The van der Waals surface area contributed by atoms with Crippen molar-refractivity contribution in [2.24, 2.45) is 0 Å². The van der Waals surface area contributed by atoms with Crippen LogP contribution >= 0.6 is 0 Å². The van der Waals surface area contributed by atoms with Crippen LogP contribution in [0.25, 0.3) is 44.3 Å². The fourth-order valence-corrected chi connectivity index (χ4v) is 3.60. The zero-order valence-corrected chi connectivity index (χ0v) is 14.4. The number of hydrogen-bond donors (Lipinski definition) is 0. The third-order valence-electron chi connectivity index (χ3n) is 4.86. The normalized spacial score (nSPS) is 11.3. The molecule has 0 atom stereocenters. The average Bonchev–Trinajstić information content (AvgIpc) is 3.07. The summed E-state index contributed by atoms with van der Waals surface area (Å²) in [7, 11) is 0. The van der Waals surface area contributed by atoms with Gasteiger partial charge in [-0.1, -0.05) is 60.7 Å². The summed E-state index contributed by atoms with van der Waals surface area (Å²) in [6.07, 6.45) is 1.84. The van der Waals surface area contributed by atoms with Crippen LogP contribution in [0.5, 0.6) is 0 Å². The number of fused-ring (bicyclic) bond motifs is 3. The van der Waals surface area contributed by atoms with Gasteiger partial charge in [-0.05, 0) is 36.2 Å². The fraction of sp³-hybridized carbons (Fsp3) is 0.0417. The number of aromatic nitrogens is 1. The lowest BCUT2D eigenvalue weighted by molar-refractivity contribution is 0.670. The molecule has 2 nitrogen and oxygen atoms in total. The van der Waals surface area contributed by atoms with Crippen LogP contribution in [0.1, 0.15) is 5.56 Å². The van der Waals surface area contributed by atoms with Gasteiger partial charge in [-0.3, -0.25) is 4.98 Å². The highest BCUT2D eigenvalue weighted by Gasteiger charge is 2.12. The molecule has 5 aromatic rings. The highest BCUT2D eigenvalue weighted by Crippen LogP contribution is 2.36. The maximum Gasteiger partial charge on any atom is 0.143 e. The van der Waals surface area contributed by atoms with Gasteiger partial charge >= 0.3 is 0 Å². The molecule has 2 heterocycles. The van der Waals surface area contributed by atoms with Gasteiger partial charge < -0.3 is 4.42 Å². The van der Waals surface area contributed by atoms with E-state index in [0.717, 1.165) is 44.3 Å². The van der Waals surface area contributed by atoms with Gasteiger partial charge in [-0.25, -0.2) is 0 Å². The third kappa shape index (κ3) is 2.31. The predicted octanol–water partition coefficient (Wildman–Crippen LogP) is 6.62. The van der Waals surface area contributed by atoms with E-state index in [0.29, 0.717) is 0 Å². The summed E-state index contributed by atoms with van der Waals surface area (Å²) < 4.78 is 6.19. The Labute approximate surface area is 151 Å². The van der Waals surface area contributed by atoms with Crippen LogP contribution in [0, 0.1) is 6.92 Å². The lowest BCUT2D eigenvalue weighted by Gasteiger charge is -2.08. The molecule has 124 valence electrons. The molecule has 2 aromatic heterocycles. The van der Waals surface area contributed by atoms with Gasteiger partial charge in [0.1, 0.15) is 11.2 Å². The van der Waals surface area contributed by atoms with E-state index in [2.05, 4.69) is 72.6 Å². The Hall–Kier alpha value is -3.39. The summed E-state index contributed by atoms with van der Waals surface area (Å²) in [4.78, 5) is 4.56. The minimum absolute atomic E-state index is 0.923. The van der Waals surface area contributed by atoms with Crippen LogP contribution in [0.3, 0.4) is 0 Å². The molecule has 0 unspecified atom stereocenters. The van der Waals surface area contributed by atoms with Crippen LogP contribution in [-0.2, 0) is 0 Å². The summed E-state index contributed by atoms with van der Waals surface area (Å²) in [6, 6.07) is 27.1. The van der Waals surface area contributed by atoms with Crippen LogP contribution in [0.2, 0.25) is 0 Å². The van der Waals surface area contributed by atoms with Crippen molar-refractivity contribution in [1.82, 2.24) is 4.98 Å². The Bertz CT molecular complexity index is 1250. The molecular weight excluding hydrogens is 318 g/mol. The highest BCUT2D eigenvalue weighted by molar-refractivity contribution is 6.09. The molecule has 0 saturated carbocycles. The van der Waals surface area contributed by atoms with Gasteiger partial charge in [0.15, 0.2) is 0 Å². The van der Waals surface area contributed by atoms with Gasteiger partial charge in [0.05, 0.1) is 5.69 Å². The molecule has 0 aliphatic carbocycles. The van der Waals surface area contributed by atoms with Crippen LogP contribution < -0.4 is 0 Å². The molecule has 0 radical (unpaired) electrons. The molecule has 2 heteroatoms. The summed E-state index contributed by atoms with van der Waals surface area (Å²) in [6.45, 7) is 2.09. The Morgan fingerprint density at radius 1 is 0.731 bits per heavy atom. The van der Waals surface area contributed by atoms with E-state index in [-0.39, 0.29) is 0 Å². The second kappa shape index (κ2) is 5.85. The number of furan rings is 1. The Balaban J connectivity index is 1.74. The maximum absolute atomic E-state index is 6.19. The van der Waals surface area contributed by atoms with Gasteiger partial charge in [-0.2, -0.15) is 0 Å². The van der Waals surface area contributed by atoms with Crippen LogP contribution in [0.4, 0.5) is 0 Å². The minimum atomic E-state index is 0.923. The van der Waals surface area contributed by atoms with Crippen molar-refractivity contribution in [2.75, 3.05) is 0 Å². The van der Waals surface area contributed by atoms with Gasteiger partial charge in [0, 0.05) is 28.1 Å². The first-order chi connectivity index (χ1) is 12.8. The van der Waals surface area contributed by atoms with Gasteiger partial charge in [0.2, 0.25) is 0 Å². The topological polar surface area (TPSA) is 26.0 Å². The summed E-state index contributed by atoms with van der Waals surface area (Å²) in [5.41, 5.74) is 7.41. The quantitative estimate of drug-likeness (QED) is 0.362. The number of aryl methyl sites for hydroxylation is 1. The van der Waals surface area contributed by atoms with E-state index < -0.39 is 0 Å². The van der Waals surface area contributed by atoms with Gasteiger partial charge in [-0.15, -0.1) is 0 Å². The summed E-state index contributed by atoms with van der Waals surface area (Å²) in [5, 5.41) is 2.30. The van der Waals surface area contributed by atoms with Gasteiger partial charge in [0.25, 0.3) is 0 Å². The first-order valence-electron chi connectivity index (χ1n) is 8.74. The monoisotopic (exact) mass is 335 g/mol. The van der Waals surface area contributed by atoms with E-state index in [9.17, 15) is 0 Å². The summed E-state index contributed by atoms with van der Waals surface area (Å²) >= 11 is 0. The average molecular weight is 335 g/mol. The van der Waals surface area contributed by atoms with E-state index >= 15 is 0 Å². The Morgan fingerprint density at radius 2 is 1.54 bits per heavy atom. The van der Waals surface area contributed by atoms with Crippen molar-refractivity contribution >= 4 is 21.9 Å². The Kier molecular flexibility index (Phi) is 3.36. The van der Waals surface area contributed by atoms with Crippen molar-refractivity contribution in [1.29, 1.82) is 0 Å². The SMILES string of the molecule is Cc1cccnc1-c1cccc(-c2cccc3c2oc2ccccc23)c1. The molecule has 3 aromatic carbocycles. The molecule has 5 rings (SSSR count). The minimum Gasteiger partial charge on any atom is -0.455 e. The zero-order chi connectivity index (χ0) is 17.5. The lowest BCUT2D eigenvalue weighted by Crippen LogP contribution is -1.88. The molecule has 0 saturated heterocycles. The Morgan fingerprint density at radius 3 is 2.46 bits per heavy atom. The number of hydrogen-bond acceptors (Lipinski definition) is 2. The third-order valence-corrected chi connectivity index (χ3v) is 4.86. The standard InChI is InChI=1S/C24H17NO/c1-16-7-6-14-25-23(16)18-9-4-8-17(15-18)19-11-5-12-21-20-10-2-3-13-22(20)26-24(19)21/h2-15H,1H3. The smallest absolute Gasteiger partial charge is 0.143 e. The van der Waals surface area contributed by atoms with E-state index in [4.69, 9.17) is 4.42 Å². The second-order valence-electron chi connectivity index (χ2n) is 6.53. The molecular formula is C24H17NO. The molecule has 0 N–H and O–H groups in total. The molecule has 0 spiro atoms. The summed E-state index contributed by atoms with van der Waals surface area (Å²) in [5.74, 6) is 0. The van der Waals surface area contributed by atoms with Crippen molar-refractivity contribution in [3.8, 4) is 22.4 Å². The van der Waals surface area contributed by atoms with E-state index in [1.165, 1.54) is 5.56 Å². The second-order valence-corrected chi connectivity index (χ2v) is 6.53. The van der Waals surface area contributed by atoms with Crippen LogP contribution in [-0.4, -0.2) is 4.98 Å². The number of rotatable bonds is 2. The maximum atomic E-state index is 6.19. The molecule has 0 fully saturated rings. The lowest BCUT2D eigenvalue weighted by atomic mass is 9.98. The number of nitrogens with zero attached hydrogens (tertiary/aromatic N) is 1. The van der Waals surface area contributed by atoms with Crippen molar-refractivity contribution in [2.45, 2.75) is 6.92 Å². The molecule has 0 aliphatic rings. The number of pyridine rings is 1. The van der Waals surface area contributed by atoms with Crippen molar-refractivity contribution in [3.05, 3.63) is 90.6 Å². The molecule has 26 heavy (non-hydrogen) atoms. The predicted molar refractivity (Wildman–Crippen MR) is 107 cm³/mol. The number of benzene rings is 3. The zero-order valence-electron chi connectivity index (χ0n) is 14.4. The van der Waals surface area contributed by atoms with Crippen LogP contribution in [0.15, 0.2) is 89.5 Å². The first-order valence-corrected chi connectivity index (χ1v) is 8.74. The van der Waals surface area contributed by atoms with Crippen molar-refractivity contribution < 1.29 is 4.42 Å². The molecule has 0 bridgehead atoms. The molecule has 0 aliphatic heterocycles. The van der Waals surface area contributed by atoms with E-state index in [1.807, 2.05) is 24.4 Å². The molecule has 0 amide bonds. The fourth-order valence-electron chi connectivity index (χ4n) is 3.60. The van der Waals surface area contributed by atoms with E-state index in [1.54, 1.807) is 0 Å². The highest BCUT2D eigenvalue weighted by atomic mass is 16.3. The number of para-hydroxylation sites is 2. The first kappa shape index (κ1) is 14.9. The largest absolute Gasteiger partial charge is 0.455 e.